The Kier molecular flexibility index (Phi) is 5.69. The number of amides is 2. The lowest BCUT2D eigenvalue weighted by molar-refractivity contribution is -0.128. The Morgan fingerprint density at radius 1 is 0.909 bits per heavy atom. The zero-order valence-corrected chi connectivity index (χ0v) is 18.0. The summed E-state index contributed by atoms with van der Waals surface area (Å²) in [6.07, 6.45) is -1.14. The molecule has 2 amide bonds. The van der Waals surface area contributed by atoms with E-state index in [0.29, 0.717) is 0 Å². The van der Waals surface area contributed by atoms with Gasteiger partial charge in [-0.15, -0.1) is 0 Å². The van der Waals surface area contributed by atoms with Crippen LogP contribution in [0.25, 0.3) is 0 Å². The molecule has 168 valence electrons. The van der Waals surface area contributed by atoms with E-state index in [2.05, 4.69) is 10.9 Å². The van der Waals surface area contributed by atoms with Crippen LogP contribution in [0.2, 0.25) is 0 Å². The largest absolute Gasteiger partial charge is 0.478 e. The zero-order valence-electron chi connectivity index (χ0n) is 17.2. The lowest BCUT2D eigenvalue weighted by Crippen LogP contribution is -2.47. The summed E-state index contributed by atoms with van der Waals surface area (Å²) in [6.45, 7) is 1.36. The number of ketones is 1. The normalized spacial score (nSPS) is 14.4. The van der Waals surface area contributed by atoms with Crippen molar-refractivity contribution in [3.05, 3.63) is 89.2 Å². The van der Waals surface area contributed by atoms with Gasteiger partial charge in [0, 0.05) is 16.7 Å². The second-order valence-corrected chi connectivity index (χ2v) is 9.06. The molecule has 1 atom stereocenters. The van der Waals surface area contributed by atoms with Crippen LogP contribution in [0, 0.1) is 5.82 Å². The molecule has 0 saturated carbocycles. The molecule has 10 heteroatoms. The summed E-state index contributed by atoms with van der Waals surface area (Å²) in [5, 5.41) is 0. The van der Waals surface area contributed by atoms with Crippen LogP contribution in [0.3, 0.4) is 0 Å². The fourth-order valence-corrected chi connectivity index (χ4v) is 4.98. The minimum absolute atomic E-state index is 0.0406. The van der Waals surface area contributed by atoms with Gasteiger partial charge in [0.25, 0.3) is 11.8 Å². The molecule has 1 aliphatic rings. The number of para-hydroxylation sites is 1. The molecular weight excluding hydrogens is 451 g/mol. The van der Waals surface area contributed by atoms with E-state index in [4.69, 9.17) is 4.74 Å². The van der Waals surface area contributed by atoms with Gasteiger partial charge in [-0.25, -0.2) is 12.8 Å². The van der Waals surface area contributed by atoms with Crippen molar-refractivity contribution in [3.8, 4) is 5.75 Å². The average molecular weight is 468 g/mol. The predicted octanol–water partition coefficient (Wildman–Crippen LogP) is 2.43. The van der Waals surface area contributed by atoms with Crippen LogP contribution in [0.4, 0.5) is 4.39 Å². The SMILES string of the molecule is CC(Oc1ccccc1F)C(=O)NNC(=O)c1ccc2c(c1)S(=O)(=O)c1ccccc1C2=O. The van der Waals surface area contributed by atoms with Crippen LogP contribution in [0.1, 0.15) is 33.2 Å². The topological polar surface area (TPSA) is 119 Å². The number of nitrogens with one attached hydrogen (secondary N) is 2. The maximum atomic E-state index is 13.7. The van der Waals surface area contributed by atoms with Crippen LogP contribution in [-0.2, 0) is 14.6 Å². The van der Waals surface area contributed by atoms with Crippen LogP contribution >= 0.6 is 0 Å². The van der Waals surface area contributed by atoms with Gasteiger partial charge < -0.3 is 4.74 Å². The fourth-order valence-electron chi connectivity index (χ4n) is 3.30. The molecule has 0 spiro atoms. The van der Waals surface area contributed by atoms with Gasteiger partial charge in [-0.05, 0) is 49.4 Å². The Morgan fingerprint density at radius 2 is 1.58 bits per heavy atom. The predicted molar refractivity (Wildman–Crippen MR) is 114 cm³/mol. The summed E-state index contributed by atoms with van der Waals surface area (Å²) >= 11 is 0. The van der Waals surface area contributed by atoms with E-state index >= 15 is 0 Å². The van der Waals surface area contributed by atoms with Gasteiger partial charge >= 0.3 is 0 Å². The molecule has 0 radical (unpaired) electrons. The molecule has 0 fully saturated rings. The second kappa shape index (κ2) is 8.47. The highest BCUT2D eigenvalue weighted by Crippen LogP contribution is 2.34. The maximum absolute atomic E-state index is 13.7. The number of sulfone groups is 1. The molecule has 0 aromatic heterocycles. The standard InChI is InChI=1S/C23H17FN2O6S/c1-13(32-18-8-4-3-7-17(18)24)22(28)25-26-23(29)14-10-11-16-20(12-14)33(30,31)19-9-5-2-6-15(19)21(16)27/h2-13H,1H3,(H,25,28)(H,26,29). The molecule has 3 aromatic rings. The lowest BCUT2D eigenvalue weighted by Gasteiger charge is -2.19. The van der Waals surface area contributed by atoms with Gasteiger partial charge in [0.15, 0.2) is 23.5 Å². The van der Waals surface area contributed by atoms with Crippen LogP contribution in [0.15, 0.2) is 76.5 Å². The Hall–Kier alpha value is -4.05. The smallest absolute Gasteiger partial charge is 0.279 e. The van der Waals surface area contributed by atoms with Crippen molar-refractivity contribution < 1.29 is 31.9 Å². The van der Waals surface area contributed by atoms with Crippen molar-refractivity contribution >= 4 is 27.4 Å². The van der Waals surface area contributed by atoms with E-state index in [0.717, 1.165) is 6.07 Å². The Morgan fingerprint density at radius 3 is 2.33 bits per heavy atom. The quantitative estimate of drug-likeness (QED) is 0.444. The maximum Gasteiger partial charge on any atom is 0.279 e. The van der Waals surface area contributed by atoms with Gasteiger partial charge in [-0.1, -0.05) is 24.3 Å². The molecule has 2 N–H and O–H groups in total. The van der Waals surface area contributed by atoms with Crippen LogP contribution < -0.4 is 15.6 Å². The monoisotopic (exact) mass is 468 g/mol. The van der Waals surface area contributed by atoms with E-state index in [1.165, 1.54) is 61.5 Å². The first-order valence-corrected chi connectivity index (χ1v) is 11.2. The van der Waals surface area contributed by atoms with Crippen molar-refractivity contribution in [2.75, 3.05) is 0 Å². The number of carbonyl (C=O) groups is 3. The van der Waals surface area contributed by atoms with Crippen molar-refractivity contribution in [2.24, 2.45) is 0 Å². The lowest BCUT2D eigenvalue weighted by atomic mass is 10.0. The molecule has 4 rings (SSSR count). The van der Waals surface area contributed by atoms with E-state index in [9.17, 15) is 27.2 Å². The number of benzene rings is 3. The van der Waals surface area contributed by atoms with Gasteiger partial charge in [-0.2, -0.15) is 0 Å². The first-order valence-electron chi connectivity index (χ1n) is 9.74. The van der Waals surface area contributed by atoms with Gasteiger partial charge in [-0.3, -0.25) is 25.2 Å². The molecule has 1 heterocycles. The number of hydrazine groups is 1. The van der Waals surface area contributed by atoms with E-state index in [-0.39, 0.29) is 32.2 Å². The molecule has 8 nitrogen and oxygen atoms in total. The molecule has 33 heavy (non-hydrogen) atoms. The number of hydrogen-bond acceptors (Lipinski definition) is 6. The van der Waals surface area contributed by atoms with Gasteiger partial charge in [0.2, 0.25) is 9.84 Å². The molecule has 0 saturated heterocycles. The number of rotatable bonds is 4. The fraction of sp³-hybridized carbons (Fsp3) is 0.0870. The zero-order chi connectivity index (χ0) is 23.8. The summed E-state index contributed by atoms with van der Waals surface area (Å²) in [4.78, 5) is 37.0. The third kappa shape index (κ3) is 4.08. The second-order valence-electron chi connectivity index (χ2n) is 7.17. The van der Waals surface area contributed by atoms with Gasteiger partial charge in [0.1, 0.15) is 0 Å². The molecule has 0 bridgehead atoms. The van der Waals surface area contributed by atoms with Gasteiger partial charge in [0.05, 0.1) is 9.79 Å². The molecule has 3 aromatic carbocycles. The van der Waals surface area contributed by atoms with Crippen molar-refractivity contribution in [1.29, 1.82) is 0 Å². The minimum atomic E-state index is -4.02. The molecule has 1 aliphatic heterocycles. The molecular formula is C23H17FN2O6S. The van der Waals surface area contributed by atoms with E-state index in [1.54, 1.807) is 6.07 Å². The highest BCUT2D eigenvalue weighted by molar-refractivity contribution is 7.91. The summed E-state index contributed by atoms with van der Waals surface area (Å²) in [5.74, 6) is -2.81. The van der Waals surface area contributed by atoms with Crippen molar-refractivity contribution in [1.82, 2.24) is 10.9 Å². The van der Waals surface area contributed by atoms with Crippen molar-refractivity contribution in [2.45, 2.75) is 22.8 Å². The average Bonchev–Trinajstić information content (AvgIpc) is 2.82. The Labute approximate surface area is 188 Å². The molecule has 0 aliphatic carbocycles. The summed E-state index contributed by atoms with van der Waals surface area (Å²) in [5.41, 5.74) is 4.23. The Balaban J connectivity index is 1.49. The minimum Gasteiger partial charge on any atom is -0.478 e. The number of fused-ring (bicyclic) bond motifs is 2. The van der Waals surface area contributed by atoms with Crippen molar-refractivity contribution in [3.63, 3.8) is 0 Å². The number of ether oxygens (including phenoxy) is 1. The third-order valence-corrected chi connectivity index (χ3v) is 6.86. The number of carbonyl (C=O) groups excluding carboxylic acids is 3. The van der Waals surface area contributed by atoms with Crippen LogP contribution in [-0.4, -0.2) is 32.1 Å². The first kappa shape index (κ1) is 22.2. The molecule has 1 unspecified atom stereocenters. The summed E-state index contributed by atoms with van der Waals surface area (Å²) < 4.78 is 44.8. The summed E-state index contributed by atoms with van der Waals surface area (Å²) in [7, 11) is -4.02. The van der Waals surface area contributed by atoms with E-state index < -0.39 is 39.4 Å². The van der Waals surface area contributed by atoms with Crippen LogP contribution in [0.5, 0.6) is 5.75 Å². The van der Waals surface area contributed by atoms with E-state index in [1.807, 2.05) is 0 Å². The highest BCUT2D eigenvalue weighted by Gasteiger charge is 2.35. The number of halogens is 1. The first-order chi connectivity index (χ1) is 15.7. The summed E-state index contributed by atoms with van der Waals surface area (Å²) in [6, 6.07) is 15.0. The number of hydrogen-bond donors (Lipinski definition) is 2. The highest BCUT2D eigenvalue weighted by atomic mass is 32.2. The third-order valence-electron chi connectivity index (χ3n) is 5.01. The Bertz CT molecular complexity index is 1400.